The topological polar surface area (TPSA) is 120 Å². The van der Waals surface area contributed by atoms with Gasteiger partial charge >= 0.3 is 5.97 Å². The Balaban J connectivity index is 1.86. The van der Waals surface area contributed by atoms with Crippen LogP contribution < -0.4 is 10.5 Å². The molecular weight excluding hydrogens is 408 g/mol. The number of carbonyl (C=O) groups is 1. The summed E-state index contributed by atoms with van der Waals surface area (Å²) in [4.78, 5) is 25.5. The molecule has 0 spiro atoms. The Kier molecular flexibility index (Phi) is 5.67. The number of aromatic hydroxyl groups is 1. The van der Waals surface area contributed by atoms with Gasteiger partial charge in [-0.25, -0.2) is 19.7 Å². The van der Waals surface area contributed by atoms with Crippen molar-refractivity contribution in [2.45, 2.75) is 0 Å². The van der Waals surface area contributed by atoms with Crippen LogP contribution >= 0.6 is 0 Å². The van der Waals surface area contributed by atoms with Crippen LogP contribution in [0.4, 0.5) is 5.69 Å². The number of ether oxygens (including phenoxy) is 2. The lowest BCUT2D eigenvalue weighted by Gasteiger charge is -2.10. The number of nitrogens with zero attached hydrogens (tertiary/aromatic N) is 3. The number of nitrogens with two attached hydrogens (primary N) is 1. The molecule has 8 nitrogen and oxygen atoms in total. The minimum Gasteiger partial charge on any atom is -0.507 e. The van der Waals surface area contributed by atoms with Gasteiger partial charge in [-0.1, -0.05) is 12.1 Å². The van der Waals surface area contributed by atoms with Crippen molar-refractivity contribution in [1.29, 1.82) is 0 Å². The molecule has 4 aromatic rings. The normalized spacial score (nSPS) is 10.6. The van der Waals surface area contributed by atoms with E-state index in [1.54, 1.807) is 48.5 Å². The number of phenolic OH excluding ortho intramolecular Hbond substituents is 1. The number of benzene rings is 3. The number of phenols is 1. The van der Waals surface area contributed by atoms with Gasteiger partial charge in [0.15, 0.2) is 17.5 Å². The van der Waals surface area contributed by atoms with Gasteiger partial charge in [-0.15, -0.1) is 0 Å². The molecule has 0 atom stereocenters. The number of rotatable bonds is 5. The van der Waals surface area contributed by atoms with E-state index in [9.17, 15) is 9.90 Å². The van der Waals surface area contributed by atoms with Crippen molar-refractivity contribution < 1.29 is 19.4 Å². The smallest absolute Gasteiger partial charge is 0.337 e. The largest absolute Gasteiger partial charge is 0.507 e. The number of esters is 1. The Morgan fingerprint density at radius 2 is 1.38 bits per heavy atom. The van der Waals surface area contributed by atoms with Crippen LogP contribution in [0.15, 0.2) is 66.7 Å². The van der Waals surface area contributed by atoms with Crippen molar-refractivity contribution >= 4 is 11.7 Å². The molecule has 1 heterocycles. The van der Waals surface area contributed by atoms with E-state index in [-0.39, 0.29) is 5.75 Å². The van der Waals surface area contributed by atoms with Crippen molar-refractivity contribution in [3.63, 3.8) is 0 Å². The Hall–Kier alpha value is -4.46. The van der Waals surface area contributed by atoms with Crippen LogP contribution in [0, 0.1) is 0 Å². The van der Waals surface area contributed by atoms with E-state index >= 15 is 0 Å². The third kappa shape index (κ3) is 4.20. The molecule has 0 fully saturated rings. The first-order chi connectivity index (χ1) is 15.5. The second kappa shape index (κ2) is 8.73. The molecule has 1 aromatic heterocycles. The van der Waals surface area contributed by atoms with Gasteiger partial charge in [0.1, 0.15) is 11.5 Å². The molecule has 4 rings (SSSR count). The fourth-order valence-corrected chi connectivity index (χ4v) is 3.09. The Morgan fingerprint density at radius 1 is 0.812 bits per heavy atom. The van der Waals surface area contributed by atoms with Crippen LogP contribution in [0.2, 0.25) is 0 Å². The summed E-state index contributed by atoms with van der Waals surface area (Å²) in [5.74, 6) is 1.15. The van der Waals surface area contributed by atoms with Gasteiger partial charge in [-0.3, -0.25) is 0 Å². The Labute approximate surface area is 184 Å². The SMILES string of the molecule is COC(=O)c1ccc(-c2nc(-c3ccc(N)cc3)nc(-c3ccc(OC)cc3O)n2)cc1. The highest BCUT2D eigenvalue weighted by atomic mass is 16.5. The first-order valence-corrected chi connectivity index (χ1v) is 9.66. The lowest BCUT2D eigenvalue weighted by molar-refractivity contribution is 0.0600. The highest BCUT2D eigenvalue weighted by molar-refractivity contribution is 5.89. The first kappa shape index (κ1) is 20.8. The quantitative estimate of drug-likeness (QED) is 0.362. The summed E-state index contributed by atoms with van der Waals surface area (Å²) < 4.78 is 9.91. The molecule has 8 heteroatoms. The summed E-state index contributed by atoms with van der Waals surface area (Å²) in [6, 6.07) is 18.8. The number of hydrogen-bond acceptors (Lipinski definition) is 8. The van der Waals surface area contributed by atoms with E-state index in [1.807, 2.05) is 12.1 Å². The zero-order valence-electron chi connectivity index (χ0n) is 17.4. The summed E-state index contributed by atoms with van der Waals surface area (Å²) in [5.41, 5.74) is 8.68. The van der Waals surface area contributed by atoms with E-state index in [1.165, 1.54) is 20.3 Å². The third-order valence-electron chi connectivity index (χ3n) is 4.81. The molecule has 0 aliphatic carbocycles. The van der Waals surface area contributed by atoms with E-state index in [0.717, 1.165) is 5.56 Å². The molecule has 3 N–H and O–H groups in total. The minimum absolute atomic E-state index is 0.0224. The Morgan fingerprint density at radius 3 is 1.91 bits per heavy atom. The average Bonchev–Trinajstić information content (AvgIpc) is 2.83. The molecule has 0 aliphatic rings. The number of methoxy groups -OCH3 is 2. The maximum Gasteiger partial charge on any atom is 0.337 e. The first-order valence-electron chi connectivity index (χ1n) is 9.66. The number of carbonyl (C=O) groups excluding carboxylic acids is 1. The second-order valence-electron chi connectivity index (χ2n) is 6.88. The lowest BCUT2D eigenvalue weighted by atomic mass is 10.1. The molecule has 32 heavy (non-hydrogen) atoms. The summed E-state index contributed by atoms with van der Waals surface area (Å²) >= 11 is 0. The number of hydrogen-bond donors (Lipinski definition) is 2. The van der Waals surface area contributed by atoms with Crippen LogP contribution in [0.3, 0.4) is 0 Å². The van der Waals surface area contributed by atoms with Gasteiger partial charge in [0.05, 0.1) is 25.3 Å². The number of anilines is 1. The zero-order valence-corrected chi connectivity index (χ0v) is 17.4. The molecule has 0 unspecified atom stereocenters. The Bertz CT molecular complexity index is 1270. The molecule has 3 aromatic carbocycles. The van der Waals surface area contributed by atoms with Crippen LogP contribution in [-0.4, -0.2) is 40.2 Å². The van der Waals surface area contributed by atoms with Gasteiger partial charge in [0.2, 0.25) is 0 Å². The monoisotopic (exact) mass is 428 g/mol. The maximum atomic E-state index is 11.7. The third-order valence-corrected chi connectivity index (χ3v) is 4.81. The van der Waals surface area contributed by atoms with Gasteiger partial charge in [0.25, 0.3) is 0 Å². The standard InChI is InChI=1S/C24H20N4O4/c1-31-18-11-12-19(20(29)13-18)23-27-21(14-3-5-16(6-4-14)24(30)32-2)26-22(28-23)15-7-9-17(25)10-8-15/h3-13,29H,25H2,1-2H3. The molecule has 0 saturated carbocycles. The predicted octanol–water partition coefficient (Wildman–Crippen LogP) is 3.96. The fourth-order valence-electron chi connectivity index (χ4n) is 3.09. The van der Waals surface area contributed by atoms with Gasteiger partial charge in [-0.05, 0) is 48.5 Å². The molecule has 0 bridgehead atoms. The summed E-state index contributed by atoms with van der Waals surface area (Å²) in [5, 5.41) is 10.5. The molecular formula is C24H20N4O4. The van der Waals surface area contributed by atoms with E-state index in [2.05, 4.69) is 15.0 Å². The molecule has 0 amide bonds. The summed E-state index contributed by atoms with van der Waals surface area (Å²) in [7, 11) is 2.85. The average molecular weight is 428 g/mol. The summed E-state index contributed by atoms with van der Waals surface area (Å²) in [6.07, 6.45) is 0. The molecule has 0 aliphatic heterocycles. The van der Waals surface area contributed by atoms with E-state index in [0.29, 0.717) is 45.6 Å². The van der Waals surface area contributed by atoms with Crippen LogP contribution in [-0.2, 0) is 4.74 Å². The fraction of sp³-hybridized carbons (Fsp3) is 0.0833. The maximum absolute atomic E-state index is 11.7. The van der Waals surface area contributed by atoms with Crippen molar-refractivity contribution in [3.8, 4) is 45.7 Å². The second-order valence-corrected chi connectivity index (χ2v) is 6.88. The van der Waals surface area contributed by atoms with Gasteiger partial charge in [-0.2, -0.15) is 0 Å². The lowest BCUT2D eigenvalue weighted by Crippen LogP contribution is -2.02. The number of nitrogen functional groups attached to an aromatic ring is 1. The molecule has 0 saturated heterocycles. The zero-order chi connectivity index (χ0) is 22.7. The molecule has 0 radical (unpaired) electrons. The van der Waals surface area contributed by atoms with Crippen LogP contribution in [0.1, 0.15) is 10.4 Å². The predicted molar refractivity (Wildman–Crippen MR) is 120 cm³/mol. The highest BCUT2D eigenvalue weighted by Gasteiger charge is 2.16. The highest BCUT2D eigenvalue weighted by Crippen LogP contribution is 2.32. The molecule has 160 valence electrons. The van der Waals surface area contributed by atoms with Crippen molar-refractivity contribution in [1.82, 2.24) is 15.0 Å². The van der Waals surface area contributed by atoms with Crippen LogP contribution in [0.25, 0.3) is 34.2 Å². The number of aromatic nitrogens is 3. The summed E-state index contributed by atoms with van der Waals surface area (Å²) in [6.45, 7) is 0. The van der Waals surface area contributed by atoms with Gasteiger partial charge in [0, 0.05) is 22.9 Å². The van der Waals surface area contributed by atoms with E-state index in [4.69, 9.17) is 15.2 Å². The van der Waals surface area contributed by atoms with Crippen molar-refractivity contribution in [2.24, 2.45) is 0 Å². The van der Waals surface area contributed by atoms with Gasteiger partial charge < -0.3 is 20.3 Å². The minimum atomic E-state index is -0.432. The van der Waals surface area contributed by atoms with Crippen LogP contribution in [0.5, 0.6) is 11.5 Å². The van der Waals surface area contributed by atoms with Crippen molar-refractivity contribution in [2.75, 3.05) is 20.0 Å². The van der Waals surface area contributed by atoms with Crippen molar-refractivity contribution in [3.05, 3.63) is 72.3 Å². The van der Waals surface area contributed by atoms with E-state index < -0.39 is 5.97 Å².